The number of hydrogen-bond acceptors (Lipinski definition) is 7. The second-order valence-corrected chi connectivity index (χ2v) is 13.4. The minimum atomic E-state index is -3.68. The van der Waals surface area contributed by atoms with Crippen LogP contribution in [0.2, 0.25) is 0 Å². The molecule has 6 rings (SSSR count). The zero-order valence-corrected chi connectivity index (χ0v) is 22.4. The van der Waals surface area contributed by atoms with Crippen LogP contribution in [0.5, 0.6) is 0 Å². The molecule has 1 saturated heterocycles. The number of anilines is 1. The maximum absolute atomic E-state index is 13.5. The number of hydrogen-bond donors (Lipinski definition) is 0. The van der Waals surface area contributed by atoms with E-state index in [0.717, 1.165) is 48.0 Å². The number of ether oxygens (including phenoxy) is 1. The van der Waals surface area contributed by atoms with E-state index in [4.69, 9.17) is 4.74 Å². The number of nitrogens with zero attached hydrogens (tertiary/aromatic N) is 5. The molecule has 10 heteroatoms. The van der Waals surface area contributed by atoms with Crippen LogP contribution < -0.4 is 4.90 Å². The SMILES string of the molecule is CC(C)(C)OC(=O)N1CCN(c2ncnc3c2c(C2CC2)cn3S(=O)(=O)Cc2ccccc2)CC12CC2. The molecule has 9 nitrogen and oxygen atoms in total. The molecule has 3 fully saturated rings. The average molecular weight is 524 g/mol. The Hall–Kier alpha value is -3.14. The van der Waals surface area contributed by atoms with Crippen molar-refractivity contribution in [3.8, 4) is 0 Å². The Morgan fingerprint density at radius 2 is 1.84 bits per heavy atom. The van der Waals surface area contributed by atoms with Crippen molar-refractivity contribution in [1.29, 1.82) is 0 Å². The molecule has 3 aliphatic rings. The summed E-state index contributed by atoms with van der Waals surface area (Å²) in [5.41, 5.74) is 1.36. The summed E-state index contributed by atoms with van der Waals surface area (Å²) in [6.45, 7) is 7.42. The highest BCUT2D eigenvalue weighted by molar-refractivity contribution is 7.89. The van der Waals surface area contributed by atoms with Crippen LogP contribution in [0.3, 0.4) is 0 Å². The van der Waals surface area contributed by atoms with Crippen molar-refractivity contribution in [1.82, 2.24) is 18.8 Å². The predicted molar refractivity (Wildman–Crippen MR) is 141 cm³/mol. The van der Waals surface area contributed by atoms with Gasteiger partial charge in [-0.1, -0.05) is 30.3 Å². The van der Waals surface area contributed by atoms with Crippen molar-refractivity contribution in [3.05, 3.63) is 54.0 Å². The number of carbonyl (C=O) groups is 1. The lowest BCUT2D eigenvalue weighted by Gasteiger charge is -2.43. The second-order valence-electron chi connectivity index (χ2n) is 11.6. The molecule has 196 valence electrons. The maximum Gasteiger partial charge on any atom is 0.410 e. The second kappa shape index (κ2) is 8.44. The van der Waals surface area contributed by atoms with Gasteiger partial charge < -0.3 is 9.64 Å². The smallest absolute Gasteiger partial charge is 0.410 e. The lowest BCUT2D eigenvalue weighted by atomic mass is 10.1. The highest BCUT2D eigenvalue weighted by Crippen LogP contribution is 2.49. The lowest BCUT2D eigenvalue weighted by molar-refractivity contribution is 0.0106. The van der Waals surface area contributed by atoms with Crippen molar-refractivity contribution in [2.75, 3.05) is 24.5 Å². The summed E-state index contributed by atoms with van der Waals surface area (Å²) in [5.74, 6) is 0.979. The molecule has 0 N–H and O–H groups in total. The Labute approximate surface area is 217 Å². The van der Waals surface area contributed by atoms with Gasteiger partial charge >= 0.3 is 6.09 Å². The number of benzene rings is 1. The molecule has 1 amide bonds. The maximum atomic E-state index is 13.5. The molecule has 2 aromatic heterocycles. The molecule has 2 aliphatic carbocycles. The molecule has 37 heavy (non-hydrogen) atoms. The first-order chi connectivity index (χ1) is 17.6. The van der Waals surface area contributed by atoms with Crippen LogP contribution in [-0.2, 0) is 20.5 Å². The van der Waals surface area contributed by atoms with Gasteiger partial charge in [0.15, 0.2) is 5.65 Å². The van der Waals surface area contributed by atoms with E-state index >= 15 is 0 Å². The fourth-order valence-corrected chi connectivity index (χ4v) is 6.82. The first-order valence-electron chi connectivity index (χ1n) is 13.0. The molecule has 3 aromatic rings. The van der Waals surface area contributed by atoms with Crippen molar-refractivity contribution >= 4 is 33.0 Å². The largest absolute Gasteiger partial charge is 0.444 e. The van der Waals surface area contributed by atoms with Crippen LogP contribution in [0.15, 0.2) is 42.9 Å². The van der Waals surface area contributed by atoms with Crippen molar-refractivity contribution in [2.24, 2.45) is 0 Å². The van der Waals surface area contributed by atoms with Gasteiger partial charge in [-0.3, -0.25) is 4.90 Å². The van der Waals surface area contributed by atoms with Crippen molar-refractivity contribution in [2.45, 2.75) is 69.3 Å². The molecule has 0 bridgehead atoms. The van der Waals surface area contributed by atoms with Crippen LogP contribution in [0.25, 0.3) is 11.0 Å². The van der Waals surface area contributed by atoms with E-state index in [9.17, 15) is 13.2 Å². The minimum Gasteiger partial charge on any atom is -0.444 e. The van der Waals surface area contributed by atoms with Crippen LogP contribution in [0, 0.1) is 0 Å². The van der Waals surface area contributed by atoms with E-state index in [1.165, 1.54) is 10.3 Å². The van der Waals surface area contributed by atoms with E-state index in [1.54, 1.807) is 6.20 Å². The van der Waals surface area contributed by atoms with E-state index in [2.05, 4.69) is 14.9 Å². The number of piperazine rings is 1. The van der Waals surface area contributed by atoms with Crippen LogP contribution >= 0.6 is 0 Å². The number of fused-ring (bicyclic) bond motifs is 1. The summed E-state index contributed by atoms with van der Waals surface area (Å²) in [7, 11) is -3.68. The zero-order valence-electron chi connectivity index (χ0n) is 21.6. The summed E-state index contributed by atoms with van der Waals surface area (Å²) in [4.78, 5) is 26.2. The summed E-state index contributed by atoms with van der Waals surface area (Å²) in [5, 5.41) is 0.822. The standard InChI is InChI=1S/C27H33N5O4S/c1-26(2,3)36-25(33)31-14-13-30(17-27(31)11-12-27)23-22-21(20-9-10-20)15-32(24(22)29-18-28-23)37(34,35)16-19-7-5-4-6-8-19/h4-8,15,18,20H,9-14,16-17H2,1-3H3. The van der Waals surface area contributed by atoms with Crippen molar-refractivity contribution in [3.63, 3.8) is 0 Å². The first kappa shape index (κ1) is 24.2. The third-order valence-electron chi connectivity index (χ3n) is 7.46. The molecule has 1 aliphatic heterocycles. The third kappa shape index (κ3) is 4.56. The van der Waals surface area contributed by atoms with E-state index in [0.29, 0.717) is 31.2 Å². The van der Waals surface area contributed by atoms with Gasteiger partial charge in [-0.15, -0.1) is 0 Å². The Bertz CT molecular complexity index is 1450. The molecular weight excluding hydrogens is 490 g/mol. The van der Waals surface area contributed by atoms with E-state index in [1.807, 2.05) is 56.0 Å². The van der Waals surface area contributed by atoms with Gasteiger partial charge in [0, 0.05) is 25.8 Å². The van der Waals surface area contributed by atoms with Gasteiger partial charge in [0.1, 0.15) is 17.7 Å². The minimum absolute atomic E-state index is 0.0985. The van der Waals surface area contributed by atoms with Gasteiger partial charge in [-0.25, -0.2) is 27.2 Å². The topological polar surface area (TPSA) is 97.6 Å². The monoisotopic (exact) mass is 523 g/mol. The average Bonchev–Trinajstić information content (AvgIpc) is 3.77. The molecule has 1 spiro atoms. The number of carbonyl (C=O) groups excluding carboxylic acids is 1. The highest BCUT2D eigenvalue weighted by atomic mass is 32.2. The lowest BCUT2D eigenvalue weighted by Crippen LogP contribution is -2.58. The van der Waals surface area contributed by atoms with Crippen LogP contribution in [0.4, 0.5) is 10.6 Å². The fraction of sp³-hybridized carbons (Fsp3) is 0.519. The van der Waals surface area contributed by atoms with Crippen LogP contribution in [-0.4, -0.2) is 64.1 Å². The molecular formula is C27H33N5O4S. The van der Waals surface area contributed by atoms with Gasteiger partial charge in [0.25, 0.3) is 0 Å². The predicted octanol–water partition coefficient (Wildman–Crippen LogP) is 4.28. The fourth-order valence-electron chi connectivity index (χ4n) is 5.39. The van der Waals surface area contributed by atoms with Gasteiger partial charge in [-0.2, -0.15) is 0 Å². The molecule has 0 radical (unpaired) electrons. The summed E-state index contributed by atoms with van der Waals surface area (Å²) in [6, 6.07) is 9.22. The van der Waals surface area contributed by atoms with E-state index in [-0.39, 0.29) is 17.4 Å². The highest BCUT2D eigenvalue weighted by Gasteiger charge is 2.54. The van der Waals surface area contributed by atoms with Crippen molar-refractivity contribution < 1.29 is 17.9 Å². The van der Waals surface area contributed by atoms with Gasteiger partial charge in [0.2, 0.25) is 10.0 Å². The number of amides is 1. The summed E-state index contributed by atoms with van der Waals surface area (Å²) in [6.07, 6.45) is 6.85. The summed E-state index contributed by atoms with van der Waals surface area (Å²) < 4.78 is 34.1. The van der Waals surface area contributed by atoms with E-state index < -0.39 is 15.6 Å². The Kier molecular flexibility index (Phi) is 5.52. The summed E-state index contributed by atoms with van der Waals surface area (Å²) >= 11 is 0. The molecule has 2 saturated carbocycles. The number of rotatable bonds is 5. The third-order valence-corrected chi connectivity index (χ3v) is 9.04. The Morgan fingerprint density at radius 1 is 1.11 bits per heavy atom. The first-order valence-corrected chi connectivity index (χ1v) is 14.6. The normalized spacial score (nSPS) is 19.4. The Balaban J connectivity index is 1.35. The van der Waals surface area contributed by atoms with Crippen LogP contribution in [0.1, 0.15) is 63.5 Å². The quantitative estimate of drug-likeness (QED) is 0.492. The Morgan fingerprint density at radius 3 is 2.49 bits per heavy atom. The zero-order chi connectivity index (χ0) is 26.0. The molecule has 0 atom stereocenters. The molecule has 3 heterocycles. The van der Waals surface area contributed by atoms with Gasteiger partial charge in [0.05, 0.1) is 16.7 Å². The number of aromatic nitrogens is 3. The molecule has 1 aromatic carbocycles. The molecule has 0 unspecified atom stereocenters. The van der Waals surface area contributed by atoms with Gasteiger partial charge in [-0.05, 0) is 63.5 Å².